The smallest absolute Gasteiger partial charge is 0.307 e. The number of aliphatic carboxylic acids is 1. The number of carboxylic acid groups (broad SMARTS) is 1. The molecule has 1 unspecified atom stereocenters. The van der Waals surface area contributed by atoms with Gasteiger partial charge in [-0.15, -0.1) is 0 Å². The second kappa shape index (κ2) is 24.6. The highest BCUT2D eigenvalue weighted by molar-refractivity contribution is 5.71. The fourth-order valence-corrected chi connectivity index (χ4v) is 4.26. The average molecular weight is 455 g/mol. The van der Waals surface area contributed by atoms with Gasteiger partial charge in [0.25, 0.3) is 0 Å². The van der Waals surface area contributed by atoms with E-state index in [1.807, 2.05) is 0 Å². The highest BCUT2D eigenvalue weighted by Crippen LogP contribution is 2.16. The van der Waals surface area contributed by atoms with Gasteiger partial charge >= 0.3 is 11.9 Å². The van der Waals surface area contributed by atoms with Crippen LogP contribution in [0.4, 0.5) is 0 Å². The van der Waals surface area contributed by atoms with Gasteiger partial charge in [0.05, 0.1) is 6.42 Å². The Bertz CT molecular complexity index is 422. The quantitative estimate of drug-likeness (QED) is 0.110. The maximum atomic E-state index is 12.1. The number of carboxylic acids is 1. The van der Waals surface area contributed by atoms with Crippen LogP contribution in [-0.2, 0) is 14.3 Å². The van der Waals surface area contributed by atoms with Crippen molar-refractivity contribution in [2.45, 2.75) is 168 Å². The minimum Gasteiger partial charge on any atom is -0.481 e. The molecule has 0 aromatic rings. The number of esters is 1. The van der Waals surface area contributed by atoms with Gasteiger partial charge in [0, 0.05) is 6.42 Å². The molecule has 0 fully saturated rings. The summed E-state index contributed by atoms with van der Waals surface area (Å²) in [5.74, 6) is -1.10. The van der Waals surface area contributed by atoms with Gasteiger partial charge in [-0.1, -0.05) is 129 Å². The average Bonchev–Trinajstić information content (AvgIpc) is 2.75. The number of ether oxygens (including phenoxy) is 1. The third-order valence-corrected chi connectivity index (χ3v) is 6.31. The third-order valence-electron chi connectivity index (χ3n) is 6.31. The molecule has 1 N–H and O–H groups in total. The molecule has 0 spiro atoms. The van der Waals surface area contributed by atoms with Crippen LogP contribution in [0.5, 0.6) is 0 Å². The molecule has 0 amide bonds. The van der Waals surface area contributed by atoms with Gasteiger partial charge in [-0.05, 0) is 19.3 Å². The first-order chi connectivity index (χ1) is 15.6. The van der Waals surface area contributed by atoms with Crippen LogP contribution < -0.4 is 0 Å². The molecule has 4 nitrogen and oxygen atoms in total. The molecular formula is C28H54O4. The van der Waals surface area contributed by atoms with Crippen LogP contribution in [0.3, 0.4) is 0 Å². The second-order valence-corrected chi connectivity index (χ2v) is 9.61. The van der Waals surface area contributed by atoms with Crippen molar-refractivity contribution in [3.63, 3.8) is 0 Å². The number of hydrogen-bond donors (Lipinski definition) is 1. The van der Waals surface area contributed by atoms with Gasteiger partial charge < -0.3 is 9.84 Å². The summed E-state index contributed by atoms with van der Waals surface area (Å²) in [7, 11) is 0. The Morgan fingerprint density at radius 2 is 0.969 bits per heavy atom. The predicted molar refractivity (Wildman–Crippen MR) is 135 cm³/mol. The molecule has 0 aliphatic heterocycles. The summed E-state index contributed by atoms with van der Waals surface area (Å²) in [4.78, 5) is 23.2. The van der Waals surface area contributed by atoms with Gasteiger partial charge in [0.1, 0.15) is 6.10 Å². The lowest BCUT2D eigenvalue weighted by atomic mass is 10.0. The number of carbonyl (C=O) groups excluding carboxylic acids is 1. The predicted octanol–water partition coefficient (Wildman–Crippen LogP) is 8.99. The molecule has 0 heterocycles. The van der Waals surface area contributed by atoms with Gasteiger partial charge in [0.15, 0.2) is 0 Å². The van der Waals surface area contributed by atoms with E-state index < -0.39 is 12.1 Å². The topological polar surface area (TPSA) is 63.6 Å². The Balaban J connectivity index is 3.65. The maximum absolute atomic E-state index is 12.1. The van der Waals surface area contributed by atoms with Crippen molar-refractivity contribution < 1.29 is 19.4 Å². The number of unbranched alkanes of at least 4 members (excludes halogenated alkanes) is 18. The van der Waals surface area contributed by atoms with Crippen LogP contribution in [0, 0.1) is 0 Å². The molecule has 0 aliphatic carbocycles. The van der Waals surface area contributed by atoms with Crippen molar-refractivity contribution in [1.82, 2.24) is 0 Å². The van der Waals surface area contributed by atoms with Crippen LogP contribution in [0.1, 0.15) is 162 Å². The van der Waals surface area contributed by atoms with Gasteiger partial charge in [-0.2, -0.15) is 0 Å². The fraction of sp³-hybridized carbons (Fsp3) is 0.929. The number of rotatable bonds is 25. The van der Waals surface area contributed by atoms with Crippen LogP contribution in [0.2, 0.25) is 0 Å². The summed E-state index contributed by atoms with van der Waals surface area (Å²) in [6.45, 7) is 4.47. The van der Waals surface area contributed by atoms with Crippen molar-refractivity contribution in [1.29, 1.82) is 0 Å². The monoisotopic (exact) mass is 454 g/mol. The van der Waals surface area contributed by atoms with Crippen LogP contribution >= 0.6 is 0 Å². The lowest BCUT2D eigenvalue weighted by Crippen LogP contribution is -2.21. The molecule has 32 heavy (non-hydrogen) atoms. The number of carbonyl (C=O) groups is 2. The molecule has 190 valence electrons. The molecule has 0 saturated carbocycles. The van der Waals surface area contributed by atoms with E-state index in [1.165, 1.54) is 103 Å². The first kappa shape index (κ1) is 30.9. The Hall–Kier alpha value is -1.06. The van der Waals surface area contributed by atoms with E-state index in [2.05, 4.69) is 13.8 Å². The minimum absolute atomic E-state index is 0.0693. The van der Waals surface area contributed by atoms with Gasteiger partial charge in [0.2, 0.25) is 0 Å². The van der Waals surface area contributed by atoms with Crippen LogP contribution in [0.15, 0.2) is 0 Å². The third kappa shape index (κ3) is 23.6. The van der Waals surface area contributed by atoms with E-state index in [9.17, 15) is 9.59 Å². The Morgan fingerprint density at radius 1 is 0.594 bits per heavy atom. The highest BCUT2D eigenvalue weighted by Gasteiger charge is 2.17. The van der Waals surface area contributed by atoms with Crippen molar-refractivity contribution in [2.24, 2.45) is 0 Å². The standard InChI is InChI=1S/C28H54O4/c1-3-5-7-9-11-12-13-14-15-16-18-20-22-24-28(31)32-26(25-27(29)30)23-21-19-17-10-8-6-4-2/h26H,3-25H2,1-2H3,(H,29,30). The molecule has 0 bridgehead atoms. The van der Waals surface area contributed by atoms with Gasteiger partial charge in [-0.25, -0.2) is 0 Å². The Morgan fingerprint density at radius 3 is 1.38 bits per heavy atom. The van der Waals surface area contributed by atoms with Crippen molar-refractivity contribution in [3.05, 3.63) is 0 Å². The SMILES string of the molecule is CCCCCCCCCCCCCCCC(=O)OC(CCCCCCCCC)CC(=O)O. The van der Waals surface area contributed by atoms with E-state index in [1.54, 1.807) is 0 Å². The lowest BCUT2D eigenvalue weighted by molar-refractivity contribution is -0.153. The summed E-state index contributed by atoms with van der Waals surface area (Å²) in [6, 6.07) is 0. The van der Waals surface area contributed by atoms with E-state index >= 15 is 0 Å². The largest absolute Gasteiger partial charge is 0.481 e. The lowest BCUT2D eigenvalue weighted by Gasteiger charge is -2.16. The molecule has 0 radical (unpaired) electrons. The normalized spacial score (nSPS) is 12.1. The van der Waals surface area contributed by atoms with E-state index in [4.69, 9.17) is 9.84 Å². The van der Waals surface area contributed by atoms with E-state index in [0.717, 1.165) is 25.7 Å². The van der Waals surface area contributed by atoms with Gasteiger partial charge in [-0.3, -0.25) is 9.59 Å². The van der Waals surface area contributed by atoms with Crippen molar-refractivity contribution in [3.8, 4) is 0 Å². The van der Waals surface area contributed by atoms with Crippen molar-refractivity contribution in [2.75, 3.05) is 0 Å². The zero-order valence-electron chi connectivity index (χ0n) is 21.5. The van der Waals surface area contributed by atoms with E-state index in [-0.39, 0.29) is 12.4 Å². The summed E-state index contributed by atoms with van der Waals surface area (Å²) in [5, 5.41) is 9.10. The first-order valence-electron chi connectivity index (χ1n) is 14.0. The molecule has 1 atom stereocenters. The fourth-order valence-electron chi connectivity index (χ4n) is 4.26. The molecule has 0 aromatic carbocycles. The highest BCUT2D eigenvalue weighted by atomic mass is 16.5. The molecule has 0 aliphatic rings. The molecular weight excluding hydrogens is 400 g/mol. The summed E-state index contributed by atoms with van der Waals surface area (Å²) < 4.78 is 5.49. The number of hydrogen-bond acceptors (Lipinski definition) is 3. The molecule has 0 rings (SSSR count). The Kier molecular flexibility index (Phi) is 23.8. The summed E-state index contributed by atoms with van der Waals surface area (Å²) >= 11 is 0. The van der Waals surface area contributed by atoms with E-state index in [0.29, 0.717) is 12.8 Å². The second-order valence-electron chi connectivity index (χ2n) is 9.61. The summed E-state index contributed by atoms with van der Waals surface area (Å²) in [6.07, 6.45) is 25.5. The zero-order chi connectivity index (χ0) is 23.7. The zero-order valence-corrected chi connectivity index (χ0v) is 21.5. The summed E-state index contributed by atoms with van der Waals surface area (Å²) in [5.41, 5.74) is 0. The van der Waals surface area contributed by atoms with Crippen LogP contribution in [-0.4, -0.2) is 23.1 Å². The molecule has 0 aromatic heterocycles. The first-order valence-corrected chi connectivity index (χ1v) is 14.0. The van der Waals surface area contributed by atoms with Crippen LogP contribution in [0.25, 0.3) is 0 Å². The molecule has 0 saturated heterocycles. The Labute approximate surface area is 199 Å². The maximum Gasteiger partial charge on any atom is 0.307 e. The van der Waals surface area contributed by atoms with Crippen molar-refractivity contribution >= 4 is 11.9 Å². The minimum atomic E-state index is -0.883. The molecule has 4 heteroatoms.